The lowest BCUT2D eigenvalue weighted by molar-refractivity contribution is -0.142. The summed E-state index contributed by atoms with van der Waals surface area (Å²) in [5.41, 5.74) is 0.0577. The maximum absolute atomic E-state index is 11.1. The number of aliphatic carboxylic acids is 1. The highest BCUT2D eigenvalue weighted by Gasteiger charge is 2.15. The van der Waals surface area contributed by atoms with Gasteiger partial charge >= 0.3 is 11.9 Å². The van der Waals surface area contributed by atoms with Gasteiger partial charge in [0, 0.05) is 12.5 Å². The molecular weight excluding hydrogens is 200 g/mol. The van der Waals surface area contributed by atoms with Crippen molar-refractivity contribution in [3.05, 3.63) is 11.6 Å². The Kier molecular flexibility index (Phi) is 5.30. The summed E-state index contributed by atoms with van der Waals surface area (Å²) in [6, 6.07) is 0. The van der Waals surface area contributed by atoms with E-state index in [0.29, 0.717) is 0 Å². The maximum Gasteiger partial charge on any atom is 0.330 e. The highest BCUT2D eigenvalue weighted by atomic mass is 16.5. The fourth-order valence-corrected chi connectivity index (χ4v) is 0.863. The monoisotopic (exact) mass is 214 g/mol. The molecule has 0 saturated heterocycles. The number of Topliss-reactive ketones (excluding diaryl/α,β-unsaturated/α-hetero) is 1. The molecule has 0 amide bonds. The van der Waals surface area contributed by atoms with Gasteiger partial charge in [-0.2, -0.15) is 0 Å². The Balaban J connectivity index is 4.54. The number of carboxylic acids is 1. The average molecular weight is 214 g/mol. The molecule has 84 valence electrons. The van der Waals surface area contributed by atoms with Gasteiger partial charge in [0.15, 0.2) is 0 Å². The minimum Gasteiger partial charge on any atom is -0.478 e. The topological polar surface area (TPSA) is 80.7 Å². The Morgan fingerprint density at radius 2 is 1.80 bits per heavy atom. The molecule has 0 aliphatic heterocycles. The van der Waals surface area contributed by atoms with E-state index in [0.717, 1.165) is 0 Å². The van der Waals surface area contributed by atoms with Gasteiger partial charge in [-0.25, -0.2) is 4.79 Å². The maximum atomic E-state index is 11.1. The fourth-order valence-electron chi connectivity index (χ4n) is 0.863. The second kappa shape index (κ2) is 5.95. The van der Waals surface area contributed by atoms with Gasteiger partial charge in [0.25, 0.3) is 0 Å². The van der Waals surface area contributed by atoms with E-state index >= 15 is 0 Å². The van der Waals surface area contributed by atoms with E-state index in [4.69, 9.17) is 5.11 Å². The molecular formula is C10H14O5. The number of hydrogen-bond donors (Lipinski definition) is 1. The van der Waals surface area contributed by atoms with E-state index < -0.39 is 17.9 Å². The third-order valence-corrected chi connectivity index (χ3v) is 1.78. The quantitative estimate of drug-likeness (QED) is 0.540. The van der Waals surface area contributed by atoms with E-state index in [-0.39, 0.29) is 18.0 Å². The van der Waals surface area contributed by atoms with E-state index in [9.17, 15) is 14.4 Å². The number of ketones is 1. The SMILES string of the molecule is CC(=O)OCC(C=C(C)C(=O)O)C(C)=O. The van der Waals surface area contributed by atoms with Crippen LogP contribution < -0.4 is 0 Å². The van der Waals surface area contributed by atoms with Crippen molar-refractivity contribution in [3.8, 4) is 0 Å². The van der Waals surface area contributed by atoms with Gasteiger partial charge in [-0.05, 0) is 13.8 Å². The molecule has 1 atom stereocenters. The first kappa shape index (κ1) is 13.4. The average Bonchev–Trinajstić information content (AvgIpc) is 2.10. The van der Waals surface area contributed by atoms with Crippen LogP contribution >= 0.6 is 0 Å². The molecule has 0 radical (unpaired) electrons. The number of carboxylic acid groups (broad SMARTS) is 1. The van der Waals surface area contributed by atoms with Crippen LogP contribution in [0.1, 0.15) is 20.8 Å². The lowest BCUT2D eigenvalue weighted by Crippen LogP contribution is -2.18. The summed E-state index contributed by atoms with van der Waals surface area (Å²) >= 11 is 0. The molecule has 0 heterocycles. The number of hydrogen-bond acceptors (Lipinski definition) is 4. The molecule has 0 aromatic rings. The van der Waals surface area contributed by atoms with E-state index in [1.165, 1.54) is 26.8 Å². The molecule has 0 saturated carbocycles. The molecule has 5 nitrogen and oxygen atoms in total. The Hall–Kier alpha value is -1.65. The van der Waals surface area contributed by atoms with Gasteiger partial charge in [0.1, 0.15) is 12.4 Å². The van der Waals surface area contributed by atoms with E-state index in [2.05, 4.69) is 4.74 Å². The summed E-state index contributed by atoms with van der Waals surface area (Å²) < 4.78 is 4.65. The Morgan fingerprint density at radius 1 is 1.27 bits per heavy atom. The van der Waals surface area contributed by atoms with Crippen LogP contribution in [-0.2, 0) is 19.1 Å². The lowest BCUT2D eigenvalue weighted by Gasteiger charge is -2.09. The van der Waals surface area contributed by atoms with Crippen molar-refractivity contribution in [3.63, 3.8) is 0 Å². The summed E-state index contributed by atoms with van der Waals surface area (Å²) in [4.78, 5) is 32.1. The molecule has 0 aromatic heterocycles. The molecule has 0 aliphatic rings. The summed E-state index contributed by atoms with van der Waals surface area (Å²) in [7, 11) is 0. The van der Waals surface area contributed by atoms with Gasteiger partial charge in [0.05, 0.1) is 5.92 Å². The molecule has 0 bridgehead atoms. The first-order valence-electron chi connectivity index (χ1n) is 4.40. The minimum atomic E-state index is -1.09. The zero-order chi connectivity index (χ0) is 12.0. The van der Waals surface area contributed by atoms with Crippen LogP contribution in [0.15, 0.2) is 11.6 Å². The minimum absolute atomic E-state index is 0.0577. The zero-order valence-electron chi connectivity index (χ0n) is 8.94. The van der Waals surface area contributed by atoms with Crippen molar-refractivity contribution in [1.29, 1.82) is 0 Å². The zero-order valence-corrected chi connectivity index (χ0v) is 8.94. The van der Waals surface area contributed by atoms with Gasteiger partial charge in [-0.1, -0.05) is 6.08 Å². The Labute approximate surface area is 87.7 Å². The second-order valence-corrected chi connectivity index (χ2v) is 3.17. The van der Waals surface area contributed by atoms with Crippen LogP contribution in [0.2, 0.25) is 0 Å². The van der Waals surface area contributed by atoms with Crippen LogP contribution in [0.5, 0.6) is 0 Å². The first-order chi connectivity index (χ1) is 6.84. The number of esters is 1. The second-order valence-electron chi connectivity index (χ2n) is 3.17. The molecule has 0 fully saturated rings. The third kappa shape index (κ3) is 5.61. The highest BCUT2D eigenvalue weighted by molar-refractivity contribution is 5.88. The molecule has 0 aliphatic carbocycles. The summed E-state index contributed by atoms with van der Waals surface area (Å²) in [6.45, 7) is 3.81. The number of carbonyl (C=O) groups is 3. The molecule has 0 aromatic carbocycles. The largest absolute Gasteiger partial charge is 0.478 e. The van der Waals surface area contributed by atoms with Crippen molar-refractivity contribution < 1.29 is 24.2 Å². The molecule has 5 heteroatoms. The molecule has 1 N–H and O–H groups in total. The third-order valence-electron chi connectivity index (χ3n) is 1.78. The smallest absolute Gasteiger partial charge is 0.330 e. The molecule has 0 rings (SSSR count). The fraction of sp³-hybridized carbons (Fsp3) is 0.500. The van der Waals surface area contributed by atoms with Gasteiger partial charge in [-0.3, -0.25) is 9.59 Å². The Morgan fingerprint density at radius 3 is 2.13 bits per heavy atom. The molecule has 1 unspecified atom stereocenters. The summed E-state index contributed by atoms with van der Waals surface area (Å²) in [6.07, 6.45) is 1.29. The van der Waals surface area contributed by atoms with Gasteiger partial charge in [-0.15, -0.1) is 0 Å². The Bertz CT molecular complexity index is 303. The van der Waals surface area contributed by atoms with Crippen molar-refractivity contribution in [2.45, 2.75) is 20.8 Å². The number of carbonyl (C=O) groups excluding carboxylic acids is 2. The van der Waals surface area contributed by atoms with E-state index in [1.54, 1.807) is 0 Å². The lowest BCUT2D eigenvalue weighted by atomic mass is 10.0. The van der Waals surface area contributed by atoms with Crippen LogP contribution in [-0.4, -0.2) is 29.4 Å². The van der Waals surface area contributed by atoms with Crippen LogP contribution in [0.25, 0.3) is 0 Å². The first-order valence-corrected chi connectivity index (χ1v) is 4.40. The van der Waals surface area contributed by atoms with Crippen LogP contribution in [0.3, 0.4) is 0 Å². The van der Waals surface area contributed by atoms with Gasteiger partial charge < -0.3 is 9.84 Å². The predicted molar refractivity (Wildman–Crippen MR) is 52.2 cm³/mol. The van der Waals surface area contributed by atoms with Gasteiger partial charge in [0.2, 0.25) is 0 Å². The number of rotatable bonds is 5. The molecule has 15 heavy (non-hydrogen) atoms. The van der Waals surface area contributed by atoms with E-state index in [1.807, 2.05) is 0 Å². The van der Waals surface area contributed by atoms with Crippen LogP contribution in [0, 0.1) is 5.92 Å². The molecule has 0 spiro atoms. The number of ether oxygens (including phenoxy) is 1. The summed E-state index contributed by atoms with van der Waals surface area (Å²) in [5, 5.41) is 8.60. The van der Waals surface area contributed by atoms with Crippen molar-refractivity contribution >= 4 is 17.7 Å². The van der Waals surface area contributed by atoms with Crippen molar-refractivity contribution in [2.75, 3.05) is 6.61 Å². The normalized spacial score (nSPS) is 13.1. The van der Waals surface area contributed by atoms with Crippen LogP contribution in [0.4, 0.5) is 0 Å². The highest BCUT2D eigenvalue weighted by Crippen LogP contribution is 2.06. The predicted octanol–water partition coefficient (Wildman–Crippen LogP) is 0.786. The summed E-state index contributed by atoms with van der Waals surface area (Å²) in [5.74, 6) is -2.52. The van der Waals surface area contributed by atoms with Crippen molar-refractivity contribution in [2.24, 2.45) is 5.92 Å². The standard InChI is InChI=1S/C10H14O5/c1-6(10(13)14)4-9(7(2)11)5-15-8(3)12/h4,9H,5H2,1-3H3,(H,13,14). The van der Waals surface area contributed by atoms with Crippen molar-refractivity contribution in [1.82, 2.24) is 0 Å².